The van der Waals surface area contributed by atoms with E-state index in [9.17, 15) is 0 Å². The molecule has 2 rings (SSSR count). The summed E-state index contributed by atoms with van der Waals surface area (Å²) in [7, 11) is 1.95. The van der Waals surface area contributed by atoms with Crippen LogP contribution in [0.15, 0.2) is 24.5 Å². The van der Waals surface area contributed by atoms with Gasteiger partial charge in [0, 0.05) is 36.1 Å². The van der Waals surface area contributed by atoms with Crippen LogP contribution < -0.4 is 5.32 Å². The first-order valence-corrected chi connectivity index (χ1v) is 7.34. The third kappa shape index (κ3) is 3.57. The number of hydrogen-bond acceptors (Lipinski definition) is 3. The smallest absolute Gasteiger partial charge is 0.0931 e. The molecule has 1 atom stereocenters. The zero-order valence-corrected chi connectivity index (χ0v) is 12.3. The maximum Gasteiger partial charge on any atom is 0.0931 e. The van der Waals surface area contributed by atoms with Crippen molar-refractivity contribution in [2.45, 2.75) is 25.8 Å². The summed E-state index contributed by atoms with van der Waals surface area (Å²) in [5, 5.41) is 7.81. The minimum atomic E-state index is 0.313. The quantitative estimate of drug-likeness (QED) is 0.880. The number of hydrogen-bond donors (Lipinski definition) is 1. The third-order valence-corrected chi connectivity index (χ3v) is 4.06. The lowest BCUT2D eigenvalue weighted by atomic mass is 10.1. The van der Waals surface area contributed by atoms with E-state index in [1.54, 1.807) is 11.3 Å². The molecule has 98 valence electrons. The minimum absolute atomic E-state index is 0.313. The van der Waals surface area contributed by atoms with Crippen LogP contribution in [0.2, 0.25) is 4.34 Å². The van der Waals surface area contributed by atoms with Gasteiger partial charge in [-0.2, -0.15) is 5.10 Å². The summed E-state index contributed by atoms with van der Waals surface area (Å²) in [5.41, 5.74) is 1.23. The number of nitrogens with zero attached hydrogens (tertiary/aromatic N) is 2. The fraction of sp³-hybridized carbons (Fsp3) is 0.462. The molecule has 0 saturated carbocycles. The molecule has 0 aliphatic rings. The highest BCUT2D eigenvalue weighted by molar-refractivity contribution is 7.16. The number of aryl methyl sites for hydroxylation is 1. The summed E-state index contributed by atoms with van der Waals surface area (Å²) in [6.07, 6.45) is 6.09. The van der Waals surface area contributed by atoms with Crippen molar-refractivity contribution in [2.24, 2.45) is 7.05 Å². The molecule has 2 heterocycles. The van der Waals surface area contributed by atoms with E-state index < -0.39 is 0 Å². The van der Waals surface area contributed by atoms with Gasteiger partial charge in [-0.3, -0.25) is 4.68 Å². The van der Waals surface area contributed by atoms with Crippen LogP contribution >= 0.6 is 22.9 Å². The number of aromatic nitrogens is 2. The van der Waals surface area contributed by atoms with Crippen LogP contribution in [0.5, 0.6) is 0 Å². The van der Waals surface area contributed by atoms with Crippen LogP contribution in [0.3, 0.4) is 0 Å². The van der Waals surface area contributed by atoms with Crippen LogP contribution in [0.1, 0.15) is 29.8 Å². The molecule has 0 spiro atoms. The summed E-state index contributed by atoms with van der Waals surface area (Å²) >= 11 is 7.63. The molecule has 18 heavy (non-hydrogen) atoms. The molecule has 0 bridgehead atoms. The predicted octanol–water partition coefficient (Wildman–Crippen LogP) is 3.42. The molecule has 1 unspecified atom stereocenters. The molecule has 1 N–H and O–H groups in total. The van der Waals surface area contributed by atoms with Crippen LogP contribution in [0, 0.1) is 0 Å². The van der Waals surface area contributed by atoms with Crippen LogP contribution in [-0.2, 0) is 13.5 Å². The van der Waals surface area contributed by atoms with Gasteiger partial charge in [0.15, 0.2) is 0 Å². The SMILES string of the molecule is CCCNC(Cc1ccc(Cl)s1)c1cnn(C)c1. The van der Waals surface area contributed by atoms with Crippen LogP contribution in [0.4, 0.5) is 0 Å². The van der Waals surface area contributed by atoms with Crippen molar-refractivity contribution < 1.29 is 0 Å². The summed E-state index contributed by atoms with van der Waals surface area (Å²) in [6, 6.07) is 4.37. The van der Waals surface area contributed by atoms with E-state index in [2.05, 4.69) is 29.6 Å². The molecule has 0 saturated heterocycles. The number of thiophene rings is 1. The topological polar surface area (TPSA) is 29.9 Å². The van der Waals surface area contributed by atoms with Gasteiger partial charge >= 0.3 is 0 Å². The lowest BCUT2D eigenvalue weighted by molar-refractivity contribution is 0.532. The Balaban J connectivity index is 2.09. The van der Waals surface area contributed by atoms with Crippen molar-refractivity contribution >= 4 is 22.9 Å². The highest BCUT2D eigenvalue weighted by Gasteiger charge is 2.14. The molecule has 0 aliphatic heterocycles. The molecule has 2 aromatic heterocycles. The third-order valence-electron chi connectivity index (χ3n) is 2.80. The molecule has 3 nitrogen and oxygen atoms in total. The van der Waals surface area contributed by atoms with Gasteiger partial charge in [-0.1, -0.05) is 18.5 Å². The predicted molar refractivity (Wildman–Crippen MR) is 77.3 cm³/mol. The second-order valence-corrected chi connectivity index (χ2v) is 6.16. The first-order chi connectivity index (χ1) is 8.69. The van der Waals surface area contributed by atoms with Crippen LogP contribution in [-0.4, -0.2) is 16.3 Å². The van der Waals surface area contributed by atoms with Gasteiger partial charge in [0.25, 0.3) is 0 Å². The average molecular weight is 284 g/mol. The van der Waals surface area contributed by atoms with Gasteiger partial charge in [-0.15, -0.1) is 11.3 Å². The van der Waals surface area contributed by atoms with Gasteiger partial charge < -0.3 is 5.32 Å². The molecular weight excluding hydrogens is 266 g/mol. The fourth-order valence-electron chi connectivity index (χ4n) is 1.91. The van der Waals surface area contributed by atoms with Crippen LogP contribution in [0.25, 0.3) is 0 Å². The lowest BCUT2D eigenvalue weighted by Gasteiger charge is -2.16. The molecule has 0 fully saturated rings. The summed E-state index contributed by atoms with van der Waals surface area (Å²) < 4.78 is 2.70. The van der Waals surface area contributed by atoms with Crippen molar-refractivity contribution in [3.8, 4) is 0 Å². The van der Waals surface area contributed by atoms with E-state index in [4.69, 9.17) is 11.6 Å². The first kappa shape index (κ1) is 13.6. The minimum Gasteiger partial charge on any atom is -0.310 e. The molecular formula is C13H18ClN3S. The van der Waals surface area contributed by atoms with E-state index in [1.807, 2.05) is 24.0 Å². The number of nitrogens with one attached hydrogen (secondary N) is 1. The second kappa shape index (κ2) is 6.36. The first-order valence-electron chi connectivity index (χ1n) is 6.15. The monoisotopic (exact) mass is 283 g/mol. The fourth-order valence-corrected chi connectivity index (χ4v) is 3.04. The van der Waals surface area contributed by atoms with Gasteiger partial charge in [0.05, 0.1) is 10.5 Å². The Labute approximate surface area is 117 Å². The maximum absolute atomic E-state index is 5.98. The van der Waals surface area contributed by atoms with Crippen molar-refractivity contribution in [1.29, 1.82) is 0 Å². The Kier molecular flexibility index (Phi) is 4.80. The summed E-state index contributed by atoms with van der Waals surface area (Å²) in [4.78, 5) is 1.30. The molecule has 0 aromatic carbocycles. The Morgan fingerprint density at radius 2 is 2.33 bits per heavy atom. The second-order valence-electron chi connectivity index (χ2n) is 4.36. The number of rotatable bonds is 6. The van der Waals surface area contributed by atoms with Crippen molar-refractivity contribution in [2.75, 3.05) is 6.54 Å². The van der Waals surface area contributed by atoms with E-state index in [0.29, 0.717) is 6.04 Å². The highest BCUT2D eigenvalue weighted by atomic mass is 35.5. The van der Waals surface area contributed by atoms with Crippen molar-refractivity contribution in [1.82, 2.24) is 15.1 Å². The average Bonchev–Trinajstić information content (AvgIpc) is 2.93. The maximum atomic E-state index is 5.98. The molecule has 0 amide bonds. The zero-order chi connectivity index (χ0) is 13.0. The van der Waals surface area contributed by atoms with Gasteiger partial charge in [0.1, 0.15) is 0 Å². The van der Waals surface area contributed by atoms with Crippen molar-refractivity contribution in [3.05, 3.63) is 39.3 Å². The van der Waals surface area contributed by atoms with Crippen molar-refractivity contribution in [3.63, 3.8) is 0 Å². The molecule has 2 aromatic rings. The van der Waals surface area contributed by atoms with Gasteiger partial charge in [-0.25, -0.2) is 0 Å². The van der Waals surface area contributed by atoms with Gasteiger partial charge in [0.2, 0.25) is 0 Å². The molecule has 0 aliphatic carbocycles. The van der Waals surface area contributed by atoms with E-state index >= 15 is 0 Å². The normalized spacial score (nSPS) is 12.8. The van der Waals surface area contributed by atoms with E-state index in [0.717, 1.165) is 23.7 Å². The number of halogens is 1. The zero-order valence-electron chi connectivity index (χ0n) is 10.7. The Morgan fingerprint density at radius 1 is 1.50 bits per heavy atom. The lowest BCUT2D eigenvalue weighted by Crippen LogP contribution is -2.23. The molecule has 5 heteroatoms. The van der Waals surface area contributed by atoms with E-state index in [-0.39, 0.29) is 0 Å². The van der Waals surface area contributed by atoms with E-state index in [1.165, 1.54) is 10.4 Å². The molecule has 0 radical (unpaired) electrons. The standard InChI is InChI=1S/C13H18ClN3S/c1-3-6-15-12(10-8-16-17(2)9-10)7-11-4-5-13(14)18-11/h4-5,8-9,12,15H,3,6-7H2,1-2H3. The highest BCUT2D eigenvalue weighted by Crippen LogP contribution is 2.26. The van der Waals surface area contributed by atoms with Gasteiger partial charge in [-0.05, 0) is 25.1 Å². The largest absolute Gasteiger partial charge is 0.310 e. The summed E-state index contributed by atoms with van der Waals surface area (Å²) in [5.74, 6) is 0. The Hall–Kier alpha value is -0.840. The Bertz CT molecular complexity index is 492. The Morgan fingerprint density at radius 3 is 2.89 bits per heavy atom. The summed E-state index contributed by atoms with van der Waals surface area (Å²) in [6.45, 7) is 3.19.